The molecule has 3 rings (SSSR count). The molecule has 1 aromatic rings. The van der Waals surface area contributed by atoms with Crippen LogP contribution < -0.4 is 11.3 Å². The number of nitrogens with two attached hydrogens (primary N) is 1. The first-order valence-electron chi connectivity index (χ1n) is 8.18. The number of fused-ring (bicyclic) bond motifs is 1. The Hall–Kier alpha value is -1.62. The number of likely N-dealkylation sites (tertiary alicyclic amines) is 1. The molecule has 22 heavy (non-hydrogen) atoms. The lowest BCUT2D eigenvalue weighted by Gasteiger charge is -2.23. The Morgan fingerprint density at radius 2 is 2.27 bits per heavy atom. The molecule has 1 aromatic heterocycles. The predicted molar refractivity (Wildman–Crippen MR) is 85.7 cm³/mol. The van der Waals surface area contributed by atoms with Gasteiger partial charge in [0.05, 0.1) is 0 Å². The van der Waals surface area contributed by atoms with Gasteiger partial charge < -0.3 is 15.2 Å². The van der Waals surface area contributed by atoms with Crippen molar-refractivity contribution < 1.29 is 4.79 Å². The van der Waals surface area contributed by atoms with E-state index in [1.165, 1.54) is 0 Å². The number of nitrogens with zero attached hydrogens (tertiary/aromatic N) is 2. The van der Waals surface area contributed by atoms with Crippen molar-refractivity contribution in [2.75, 3.05) is 13.1 Å². The molecule has 0 spiro atoms. The number of aromatic nitrogens is 1. The van der Waals surface area contributed by atoms with Crippen LogP contribution in [0.25, 0.3) is 0 Å². The first-order valence-corrected chi connectivity index (χ1v) is 8.18. The van der Waals surface area contributed by atoms with Gasteiger partial charge in [-0.1, -0.05) is 20.3 Å². The van der Waals surface area contributed by atoms with Gasteiger partial charge in [0, 0.05) is 31.4 Å². The number of rotatable bonds is 3. The zero-order valence-electron chi connectivity index (χ0n) is 13.4. The molecule has 1 amide bonds. The highest BCUT2D eigenvalue weighted by Crippen LogP contribution is 2.39. The van der Waals surface area contributed by atoms with Crippen molar-refractivity contribution >= 4 is 5.91 Å². The van der Waals surface area contributed by atoms with Gasteiger partial charge >= 0.3 is 0 Å². The number of carbonyl (C=O) groups excluding carboxylic acids is 1. The summed E-state index contributed by atoms with van der Waals surface area (Å²) >= 11 is 0. The van der Waals surface area contributed by atoms with Gasteiger partial charge in [0.15, 0.2) is 0 Å². The van der Waals surface area contributed by atoms with Crippen molar-refractivity contribution in [2.45, 2.75) is 45.2 Å². The van der Waals surface area contributed by atoms with Crippen LogP contribution in [-0.2, 0) is 6.54 Å². The lowest BCUT2D eigenvalue weighted by Crippen LogP contribution is -2.45. The molecule has 2 unspecified atom stereocenters. The van der Waals surface area contributed by atoms with Crippen molar-refractivity contribution in [3.63, 3.8) is 0 Å². The Labute approximate surface area is 131 Å². The van der Waals surface area contributed by atoms with Crippen LogP contribution in [0.1, 0.15) is 43.5 Å². The Bertz CT molecular complexity index is 637. The molecule has 1 saturated carbocycles. The van der Waals surface area contributed by atoms with Crippen LogP contribution in [0.4, 0.5) is 0 Å². The minimum atomic E-state index is -0.235. The van der Waals surface area contributed by atoms with Crippen LogP contribution >= 0.6 is 0 Å². The highest BCUT2D eigenvalue weighted by Gasteiger charge is 2.48. The zero-order valence-corrected chi connectivity index (χ0v) is 13.4. The molecule has 2 fully saturated rings. The zero-order chi connectivity index (χ0) is 15.9. The van der Waals surface area contributed by atoms with Crippen LogP contribution in [0.5, 0.6) is 0 Å². The van der Waals surface area contributed by atoms with E-state index in [9.17, 15) is 9.59 Å². The third-order valence-electron chi connectivity index (χ3n) is 5.03. The second-order valence-corrected chi connectivity index (χ2v) is 7.28. The fraction of sp³-hybridized carbons (Fsp3) is 0.647. The van der Waals surface area contributed by atoms with E-state index in [0.29, 0.717) is 31.5 Å². The van der Waals surface area contributed by atoms with Crippen molar-refractivity contribution in [3.8, 4) is 0 Å². The van der Waals surface area contributed by atoms with Crippen LogP contribution in [0.2, 0.25) is 0 Å². The van der Waals surface area contributed by atoms with E-state index in [1.54, 1.807) is 27.8 Å². The van der Waals surface area contributed by atoms with E-state index in [2.05, 4.69) is 13.8 Å². The number of pyridine rings is 1. The van der Waals surface area contributed by atoms with Gasteiger partial charge in [-0.25, -0.2) is 0 Å². The van der Waals surface area contributed by atoms with Gasteiger partial charge in [0.25, 0.3) is 11.5 Å². The fourth-order valence-electron chi connectivity index (χ4n) is 3.90. The van der Waals surface area contributed by atoms with Gasteiger partial charge in [-0.2, -0.15) is 0 Å². The summed E-state index contributed by atoms with van der Waals surface area (Å²) in [4.78, 5) is 27.0. The third-order valence-corrected chi connectivity index (χ3v) is 5.03. The van der Waals surface area contributed by atoms with E-state index < -0.39 is 0 Å². The van der Waals surface area contributed by atoms with Gasteiger partial charge in [0.1, 0.15) is 5.56 Å². The van der Waals surface area contributed by atoms with E-state index >= 15 is 0 Å². The number of hydrogen-bond acceptors (Lipinski definition) is 3. The highest BCUT2D eigenvalue weighted by molar-refractivity contribution is 5.94. The van der Waals surface area contributed by atoms with Crippen molar-refractivity contribution in [2.24, 2.45) is 17.6 Å². The van der Waals surface area contributed by atoms with E-state index in [4.69, 9.17) is 5.73 Å². The average molecular weight is 303 g/mol. The number of amides is 1. The molecule has 5 nitrogen and oxygen atoms in total. The molecule has 2 atom stereocenters. The quantitative estimate of drug-likeness (QED) is 0.919. The molecule has 0 radical (unpaired) electrons. The first kappa shape index (κ1) is 15.3. The van der Waals surface area contributed by atoms with Gasteiger partial charge in [0.2, 0.25) is 0 Å². The second-order valence-electron chi connectivity index (χ2n) is 7.28. The summed E-state index contributed by atoms with van der Waals surface area (Å²) in [6, 6.07) is 3.42. The number of carbonyl (C=O) groups is 1. The first-order chi connectivity index (χ1) is 10.4. The maximum absolute atomic E-state index is 12.7. The maximum Gasteiger partial charge on any atom is 0.263 e. The fourth-order valence-corrected chi connectivity index (χ4v) is 3.90. The number of hydrogen-bond donors (Lipinski definition) is 1. The molecule has 5 heteroatoms. The van der Waals surface area contributed by atoms with Crippen LogP contribution in [0.3, 0.4) is 0 Å². The largest absolute Gasteiger partial charge is 0.336 e. The Morgan fingerprint density at radius 1 is 1.50 bits per heavy atom. The minimum Gasteiger partial charge on any atom is -0.336 e. The van der Waals surface area contributed by atoms with E-state index in [-0.39, 0.29) is 22.6 Å². The Balaban J connectivity index is 1.83. The van der Waals surface area contributed by atoms with Crippen LogP contribution in [0, 0.1) is 11.8 Å². The topological polar surface area (TPSA) is 68.3 Å². The molecule has 0 bridgehead atoms. The molecule has 0 aromatic carbocycles. The Morgan fingerprint density at radius 3 is 2.95 bits per heavy atom. The van der Waals surface area contributed by atoms with Gasteiger partial charge in [-0.05, 0) is 36.8 Å². The van der Waals surface area contributed by atoms with E-state index in [1.807, 2.05) is 0 Å². The molecule has 2 heterocycles. The summed E-state index contributed by atoms with van der Waals surface area (Å²) in [5, 5.41) is 0. The van der Waals surface area contributed by atoms with Crippen molar-refractivity contribution in [1.82, 2.24) is 9.47 Å². The van der Waals surface area contributed by atoms with Gasteiger partial charge in [-0.3, -0.25) is 9.59 Å². The van der Waals surface area contributed by atoms with Crippen LogP contribution in [-0.4, -0.2) is 34.0 Å². The molecule has 2 aliphatic rings. The Kier molecular flexibility index (Phi) is 3.85. The standard InChI is InChI=1S/C17H25N3O2/c1-12(2)9-19-8-4-6-14(15(19)21)16(22)20-10-13-5-3-7-17(13,18)11-20/h4,6,8,12-13H,3,5,7,9-11,18H2,1-2H3. The smallest absolute Gasteiger partial charge is 0.263 e. The molecule has 1 aliphatic carbocycles. The summed E-state index contributed by atoms with van der Waals surface area (Å²) in [5.74, 6) is 0.585. The summed E-state index contributed by atoms with van der Waals surface area (Å²) in [6.07, 6.45) is 4.97. The van der Waals surface area contributed by atoms with Crippen molar-refractivity contribution in [1.29, 1.82) is 0 Å². The third kappa shape index (κ3) is 2.58. The molecular weight excluding hydrogens is 278 g/mol. The summed E-state index contributed by atoms with van der Waals surface area (Å²) in [7, 11) is 0. The monoisotopic (exact) mass is 303 g/mol. The molecule has 1 aliphatic heterocycles. The molecule has 120 valence electrons. The SMILES string of the molecule is CC(C)Cn1cccc(C(=O)N2CC3CCCC3(N)C2)c1=O. The van der Waals surface area contributed by atoms with Crippen molar-refractivity contribution in [3.05, 3.63) is 34.2 Å². The normalized spacial score (nSPS) is 27.5. The summed E-state index contributed by atoms with van der Waals surface area (Å²) in [5.41, 5.74) is 6.27. The summed E-state index contributed by atoms with van der Waals surface area (Å²) in [6.45, 7) is 6.01. The molecule has 1 saturated heterocycles. The lowest BCUT2D eigenvalue weighted by molar-refractivity contribution is 0.0775. The lowest BCUT2D eigenvalue weighted by atomic mass is 9.92. The van der Waals surface area contributed by atoms with Gasteiger partial charge in [-0.15, -0.1) is 0 Å². The highest BCUT2D eigenvalue weighted by atomic mass is 16.2. The average Bonchev–Trinajstić information content (AvgIpc) is 2.94. The minimum absolute atomic E-state index is 0.165. The predicted octanol–water partition coefficient (Wildman–Crippen LogP) is 1.46. The molecule has 2 N–H and O–H groups in total. The summed E-state index contributed by atoms with van der Waals surface area (Å²) < 4.78 is 1.63. The second kappa shape index (κ2) is 5.54. The maximum atomic E-state index is 12.7. The molecular formula is C17H25N3O2. The van der Waals surface area contributed by atoms with Crippen LogP contribution in [0.15, 0.2) is 23.1 Å². The van der Waals surface area contributed by atoms with E-state index in [0.717, 1.165) is 19.3 Å².